The van der Waals surface area contributed by atoms with Crippen molar-refractivity contribution in [3.63, 3.8) is 0 Å². The first-order chi connectivity index (χ1) is 10.7. The standard InChI is InChI=1S/C18H35N3O2/c1-17(2,3)23-16(22)21-13-11-20(12-14-21)10-9-19-15-7-6-8-18(15,4)5/h15,19H,6-14H2,1-5H3. The van der Waals surface area contributed by atoms with Crippen LogP contribution in [0, 0.1) is 5.41 Å². The summed E-state index contributed by atoms with van der Waals surface area (Å²) in [5.41, 5.74) is 0.0294. The molecule has 1 saturated heterocycles. The third-order valence-corrected chi connectivity index (χ3v) is 5.10. The molecule has 1 heterocycles. The maximum atomic E-state index is 12.1. The second kappa shape index (κ2) is 7.39. The lowest BCUT2D eigenvalue weighted by Crippen LogP contribution is -2.51. The normalized spacial score (nSPS) is 25.6. The largest absolute Gasteiger partial charge is 0.444 e. The zero-order valence-corrected chi connectivity index (χ0v) is 15.7. The molecule has 0 spiro atoms. The molecule has 1 unspecified atom stereocenters. The van der Waals surface area contributed by atoms with Gasteiger partial charge in [-0.2, -0.15) is 0 Å². The van der Waals surface area contributed by atoms with Crippen molar-refractivity contribution in [1.82, 2.24) is 15.1 Å². The number of hydrogen-bond acceptors (Lipinski definition) is 4. The molecular weight excluding hydrogens is 290 g/mol. The lowest BCUT2D eigenvalue weighted by atomic mass is 9.87. The second-order valence-corrected chi connectivity index (χ2v) is 8.70. The summed E-state index contributed by atoms with van der Waals surface area (Å²) in [6.07, 6.45) is 3.81. The van der Waals surface area contributed by atoms with E-state index in [1.807, 2.05) is 25.7 Å². The van der Waals surface area contributed by atoms with Gasteiger partial charge in [-0.05, 0) is 39.0 Å². The summed E-state index contributed by atoms with van der Waals surface area (Å²) in [4.78, 5) is 16.3. The van der Waals surface area contributed by atoms with Crippen LogP contribution in [0.15, 0.2) is 0 Å². The number of ether oxygens (including phenoxy) is 1. The van der Waals surface area contributed by atoms with E-state index in [9.17, 15) is 4.79 Å². The first-order valence-corrected chi connectivity index (χ1v) is 9.11. The monoisotopic (exact) mass is 325 g/mol. The molecule has 1 saturated carbocycles. The van der Waals surface area contributed by atoms with Crippen LogP contribution in [0.25, 0.3) is 0 Å². The maximum Gasteiger partial charge on any atom is 0.410 e. The Bertz CT molecular complexity index is 396. The van der Waals surface area contributed by atoms with E-state index in [-0.39, 0.29) is 6.09 Å². The van der Waals surface area contributed by atoms with Gasteiger partial charge in [0.1, 0.15) is 5.60 Å². The number of amides is 1. The average Bonchev–Trinajstić information content (AvgIpc) is 2.77. The summed E-state index contributed by atoms with van der Waals surface area (Å²) in [5, 5.41) is 3.74. The van der Waals surface area contributed by atoms with Gasteiger partial charge in [0, 0.05) is 45.3 Å². The third kappa shape index (κ3) is 5.64. The van der Waals surface area contributed by atoms with Crippen LogP contribution >= 0.6 is 0 Å². The Morgan fingerprint density at radius 3 is 2.39 bits per heavy atom. The lowest BCUT2D eigenvalue weighted by Gasteiger charge is -2.36. The molecule has 2 fully saturated rings. The van der Waals surface area contributed by atoms with Gasteiger partial charge in [-0.25, -0.2) is 4.79 Å². The van der Waals surface area contributed by atoms with Crippen molar-refractivity contribution in [3.8, 4) is 0 Å². The minimum absolute atomic E-state index is 0.178. The highest BCUT2D eigenvalue weighted by Gasteiger charge is 2.34. The summed E-state index contributed by atoms with van der Waals surface area (Å²) in [5.74, 6) is 0. The van der Waals surface area contributed by atoms with Gasteiger partial charge in [-0.3, -0.25) is 4.90 Å². The number of hydrogen-bond donors (Lipinski definition) is 1. The molecule has 134 valence electrons. The molecule has 2 aliphatic rings. The van der Waals surface area contributed by atoms with Gasteiger partial charge in [-0.15, -0.1) is 0 Å². The summed E-state index contributed by atoms with van der Waals surface area (Å²) in [6.45, 7) is 16.0. The molecule has 1 aliphatic carbocycles. The third-order valence-electron chi connectivity index (χ3n) is 5.10. The van der Waals surface area contributed by atoms with Gasteiger partial charge in [0.15, 0.2) is 0 Å². The number of rotatable bonds is 4. The van der Waals surface area contributed by atoms with Gasteiger partial charge < -0.3 is 15.0 Å². The molecule has 1 atom stereocenters. The van der Waals surface area contributed by atoms with Gasteiger partial charge in [-0.1, -0.05) is 20.3 Å². The molecule has 0 aromatic carbocycles. The van der Waals surface area contributed by atoms with Gasteiger partial charge in [0.25, 0.3) is 0 Å². The molecule has 1 amide bonds. The number of carbonyl (C=O) groups excluding carboxylic acids is 1. The van der Waals surface area contributed by atoms with E-state index in [2.05, 4.69) is 24.1 Å². The zero-order valence-electron chi connectivity index (χ0n) is 15.7. The van der Waals surface area contributed by atoms with E-state index in [1.165, 1.54) is 19.3 Å². The first kappa shape index (κ1) is 18.5. The second-order valence-electron chi connectivity index (χ2n) is 8.70. The van der Waals surface area contributed by atoms with Gasteiger partial charge in [0.2, 0.25) is 0 Å². The maximum absolute atomic E-state index is 12.1. The molecule has 1 aliphatic heterocycles. The Hall–Kier alpha value is -0.810. The van der Waals surface area contributed by atoms with Crippen LogP contribution in [0.4, 0.5) is 4.79 Å². The summed E-state index contributed by atoms with van der Waals surface area (Å²) in [6, 6.07) is 0.658. The van der Waals surface area contributed by atoms with E-state index < -0.39 is 5.60 Å². The van der Waals surface area contributed by atoms with Crippen molar-refractivity contribution in [3.05, 3.63) is 0 Å². The van der Waals surface area contributed by atoms with Crippen molar-refractivity contribution in [2.75, 3.05) is 39.3 Å². The van der Waals surface area contributed by atoms with E-state index in [1.54, 1.807) is 0 Å². The van der Waals surface area contributed by atoms with Gasteiger partial charge in [0.05, 0.1) is 0 Å². The smallest absolute Gasteiger partial charge is 0.410 e. The molecule has 0 radical (unpaired) electrons. The Morgan fingerprint density at radius 2 is 1.87 bits per heavy atom. The molecule has 23 heavy (non-hydrogen) atoms. The molecule has 0 aromatic heterocycles. The van der Waals surface area contributed by atoms with Crippen LogP contribution in [-0.4, -0.2) is 66.8 Å². The van der Waals surface area contributed by atoms with Crippen molar-refractivity contribution < 1.29 is 9.53 Å². The highest BCUT2D eigenvalue weighted by molar-refractivity contribution is 5.68. The van der Waals surface area contributed by atoms with E-state index in [0.29, 0.717) is 11.5 Å². The fraction of sp³-hybridized carbons (Fsp3) is 0.944. The highest BCUT2D eigenvalue weighted by atomic mass is 16.6. The quantitative estimate of drug-likeness (QED) is 0.863. The predicted octanol–water partition coefficient (Wildman–Crippen LogP) is 2.71. The molecule has 2 rings (SSSR count). The minimum atomic E-state index is -0.410. The Kier molecular flexibility index (Phi) is 5.95. The van der Waals surface area contributed by atoms with Crippen LogP contribution in [-0.2, 0) is 4.74 Å². The Labute approximate surface area is 141 Å². The van der Waals surface area contributed by atoms with Crippen molar-refractivity contribution in [1.29, 1.82) is 0 Å². The first-order valence-electron chi connectivity index (χ1n) is 9.11. The summed E-state index contributed by atoms with van der Waals surface area (Å²) in [7, 11) is 0. The van der Waals surface area contributed by atoms with Crippen molar-refractivity contribution in [2.45, 2.75) is 65.5 Å². The van der Waals surface area contributed by atoms with Crippen LogP contribution < -0.4 is 5.32 Å². The summed E-state index contributed by atoms with van der Waals surface area (Å²) >= 11 is 0. The molecule has 5 nitrogen and oxygen atoms in total. The Balaban J connectivity index is 1.64. The SMILES string of the molecule is CC(C)(C)OC(=O)N1CCN(CCNC2CCCC2(C)C)CC1. The number of piperazine rings is 1. The minimum Gasteiger partial charge on any atom is -0.444 e. The number of carbonyl (C=O) groups is 1. The fourth-order valence-corrected chi connectivity index (χ4v) is 3.58. The van der Waals surface area contributed by atoms with Crippen LogP contribution in [0.1, 0.15) is 53.9 Å². The van der Waals surface area contributed by atoms with E-state index in [0.717, 1.165) is 39.3 Å². The van der Waals surface area contributed by atoms with Crippen LogP contribution in [0.2, 0.25) is 0 Å². The van der Waals surface area contributed by atoms with Crippen molar-refractivity contribution in [2.24, 2.45) is 5.41 Å². The topological polar surface area (TPSA) is 44.8 Å². The molecule has 0 aromatic rings. The molecule has 0 bridgehead atoms. The molecular formula is C18H35N3O2. The number of nitrogens with zero attached hydrogens (tertiary/aromatic N) is 2. The van der Waals surface area contributed by atoms with Crippen LogP contribution in [0.3, 0.4) is 0 Å². The highest BCUT2D eigenvalue weighted by Crippen LogP contribution is 2.36. The summed E-state index contributed by atoms with van der Waals surface area (Å²) < 4.78 is 5.44. The number of nitrogens with one attached hydrogen (secondary N) is 1. The van der Waals surface area contributed by atoms with E-state index in [4.69, 9.17) is 4.74 Å². The zero-order chi connectivity index (χ0) is 17.1. The van der Waals surface area contributed by atoms with E-state index >= 15 is 0 Å². The molecule has 5 heteroatoms. The lowest BCUT2D eigenvalue weighted by molar-refractivity contribution is 0.0145. The predicted molar refractivity (Wildman–Crippen MR) is 93.7 cm³/mol. The Morgan fingerprint density at radius 1 is 1.22 bits per heavy atom. The average molecular weight is 325 g/mol. The fourth-order valence-electron chi connectivity index (χ4n) is 3.58. The molecule has 1 N–H and O–H groups in total. The van der Waals surface area contributed by atoms with Crippen molar-refractivity contribution >= 4 is 6.09 Å². The van der Waals surface area contributed by atoms with Gasteiger partial charge >= 0.3 is 6.09 Å². The van der Waals surface area contributed by atoms with Crippen LogP contribution in [0.5, 0.6) is 0 Å².